The Kier molecular flexibility index (Phi) is 4.93. The van der Waals surface area contributed by atoms with Gasteiger partial charge < -0.3 is 10.4 Å². The Morgan fingerprint density at radius 1 is 1.09 bits per heavy atom. The Bertz CT molecular complexity index is 494. The van der Waals surface area contributed by atoms with E-state index in [9.17, 15) is 13.9 Å². The lowest BCUT2D eigenvalue weighted by Crippen LogP contribution is -2.47. The number of benzene rings is 1. The molecule has 3 nitrogen and oxygen atoms in total. The fraction of sp³-hybridized carbons (Fsp3) is 0.647. The van der Waals surface area contributed by atoms with Crippen LogP contribution in [0.5, 0.6) is 5.75 Å². The summed E-state index contributed by atoms with van der Waals surface area (Å²) < 4.78 is 27.2. The minimum Gasteiger partial charge on any atom is -0.505 e. The molecule has 2 N–H and O–H groups in total. The van der Waals surface area contributed by atoms with Gasteiger partial charge in [0.1, 0.15) is 0 Å². The highest BCUT2D eigenvalue weighted by atomic mass is 19.2. The molecule has 1 aliphatic heterocycles. The average Bonchev–Trinajstić information content (AvgIpc) is 2.57. The van der Waals surface area contributed by atoms with Crippen molar-refractivity contribution in [2.24, 2.45) is 5.92 Å². The summed E-state index contributed by atoms with van der Waals surface area (Å²) in [7, 11) is 0. The van der Waals surface area contributed by atoms with Crippen LogP contribution in [-0.4, -0.2) is 36.2 Å². The smallest absolute Gasteiger partial charge is 0.200 e. The quantitative estimate of drug-likeness (QED) is 0.900. The summed E-state index contributed by atoms with van der Waals surface area (Å²) in [6, 6.07) is 2.69. The van der Waals surface area contributed by atoms with Crippen LogP contribution >= 0.6 is 0 Å². The van der Waals surface area contributed by atoms with E-state index in [2.05, 4.69) is 10.2 Å². The lowest BCUT2D eigenvalue weighted by Gasteiger charge is -2.41. The third kappa shape index (κ3) is 3.10. The van der Waals surface area contributed by atoms with Gasteiger partial charge in [0.05, 0.1) is 0 Å². The van der Waals surface area contributed by atoms with E-state index in [0.29, 0.717) is 11.5 Å². The maximum Gasteiger partial charge on any atom is 0.200 e. The van der Waals surface area contributed by atoms with Crippen LogP contribution in [-0.2, 0) is 0 Å². The molecule has 1 atom stereocenters. The van der Waals surface area contributed by atoms with Crippen molar-refractivity contribution in [3.8, 4) is 5.75 Å². The summed E-state index contributed by atoms with van der Waals surface area (Å²) in [5.41, 5.74) is 0.549. The second kappa shape index (κ2) is 6.92. The fourth-order valence-electron chi connectivity index (χ4n) is 3.95. The van der Waals surface area contributed by atoms with Crippen molar-refractivity contribution in [3.05, 3.63) is 29.3 Å². The van der Waals surface area contributed by atoms with E-state index in [1.165, 1.54) is 19.3 Å². The topological polar surface area (TPSA) is 35.5 Å². The Morgan fingerprint density at radius 3 is 2.45 bits per heavy atom. The summed E-state index contributed by atoms with van der Waals surface area (Å²) >= 11 is 0. The number of halogens is 2. The van der Waals surface area contributed by atoms with Crippen molar-refractivity contribution in [1.82, 2.24) is 10.2 Å². The molecule has 1 aromatic rings. The van der Waals surface area contributed by atoms with E-state index in [-0.39, 0.29) is 6.04 Å². The third-order valence-corrected chi connectivity index (χ3v) is 5.06. The predicted octanol–water partition coefficient (Wildman–Crippen LogP) is 3.20. The van der Waals surface area contributed by atoms with Gasteiger partial charge in [0.25, 0.3) is 0 Å². The highest BCUT2D eigenvalue weighted by molar-refractivity contribution is 5.37. The van der Waals surface area contributed by atoms with Gasteiger partial charge in [-0.1, -0.05) is 25.3 Å². The molecule has 3 rings (SSSR count). The molecule has 0 spiro atoms. The van der Waals surface area contributed by atoms with E-state index >= 15 is 0 Å². The van der Waals surface area contributed by atoms with Crippen molar-refractivity contribution in [2.75, 3.05) is 26.2 Å². The van der Waals surface area contributed by atoms with Gasteiger partial charge in [-0.05, 0) is 24.8 Å². The molecule has 1 saturated carbocycles. The molecule has 122 valence electrons. The van der Waals surface area contributed by atoms with Gasteiger partial charge in [-0.15, -0.1) is 0 Å². The van der Waals surface area contributed by atoms with Crippen LogP contribution in [0.4, 0.5) is 8.78 Å². The highest BCUT2D eigenvalue weighted by Crippen LogP contribution is 2.42. The first-order chi connectivity index (χ1) is 10.7. The summed E-state index contributed by atoms with van der Waals surface area (Å²) in [4.78, 5) is 2.32. The van der Waals surface area contributed by atoms with Crippen LogP contribution < -0.4 is 5.32 Å². The van der Waals surface area contributed by atoms with Crippen molar-refractivity contribution in [2.45, 2.75) is 38.1 Å². The Morgan fingerprint density at radius 2 is 1.77 bits per heavy atom. The molecular weight excluding hydrogens is 286 g/mol. The lowest BCUT2D eigenvalue weighted by atomic mass is 9.80. The number of aromatic hydroxyl groups is 1. The first-order valence-corrected chi connectivity index (χ1v) is 8.30. The van der Waals surface area contributed by atoms with Gasteiger partial charge in [0, 0.05) is 37.8 Å². The first kappa shape index (κ1) is 15.7. The zero-order valence-corrected chi connectivity index (χ0v) is 12.8. The highest BCUT2D eigenvalue weighted by Gasteiger charge is 2.33. The molecule has 2 aliphatic rings. The zero-order valence-electron chi connectivity index (χ0n) is 12.8. The molecule has 5 heteroatoms. The number of nitrogens with one attached hydrogen (secondary N) is 1. The van der Waals surface area contributed by atoms with Crippen molar-refractivity contribution in [3.63, 3.8) is 0 Å². The molecule has 1 aliphatic carbocycles. The van der Waals surface area contributed by atoms with Crippen LogP contribution in [0.2, 0.25) is 0 Å². The lowest BCUT2D eigenvalue weighted by molar-refractivity contribution is 0.101. The largest absolute Gasteiger partial charge is 0.505 e. The Labute approximate surface area is 130 Å². The average molecular weight is 310 g/mol. The first-order valence-electron chi connectivity index (χ1n) is 8.30. The molecule has 0 radical (unpaired) electrons. The minimum absolute atomic E-state index is 0.0162. The van der Waals surface area contributed by atoms with Gasteiger partial charge in [-0.2, -0.15) is 4.39 Å². The third-order valence-electron chi connectivity index (χ3n) is 5.06. The number of piperazine rings is 1. The molecule has 0 bridgehead atoms. The number of phenols is 1. The van der Waals surface area contributed by atoms with Crippen molar-refractivity contribution < 1.29 is 13.9 Å². The fourth-order valence-corrected chi connectivity index (χ4v) is 3.95. The summed E-state index contributed by atoms with van der Waals surface area (Å²) in [6.07, 6.45) is 5.78. The molecule has 1 aromatic carbocycles. The van der Waals surface area contributed by atoms with Crippen LogP contribution in [0, 0.1) is 17.6 Å². The van der Waals surface area contributed by atoms with E-state index in [1.54, 1.807) is 6.07 Å². The maximum atomic E-state index is 13.8. The van der Waals surface area contributed by atoms with E-state index in [0.717, 1.165) is 45.1 Å². The summed E-state index contributed by atoms with van der Waals surface area (Å²) in [5, 5.41) is 13.5. The summed E-state index contributed by atoms with van der Waals surface area (Å²) in [5.74, 6) is -2.20. The second-order valence-electron chi connectivity index (χ2n) is 6.43. The number of rotatable bonds is 3. The maximum absolute atomic E-state index is 13.8. The van der Waals surface area contributed by atoms with Crippen LogP contribution in [0.3, 0.4) is 0 Å². The summed E-state index contributed by atoms with van der Waals surface area (Å²) in [6.45, 7) is 3.54. The predicted molar refractivity (Wildman–Crippen MR) is 81.8 cm³/mol. The van der Waals surface area contributed by atoms with Gasteiger partial charge in [-0.25, -0.2) is 4.39 Å². The molecule has 0 amide bonds. The Hall–Kier alpha value is -1.20. The minimum atomic E-state index is -1.12. The van der Waals surface area contributed by atoms with Gasteiger partial charge in [0.2, 0.25) is 5.82 Å². The monoisotopic (exact) mass is 310 g/mol. The standard InChI is InChI=1S/C17H24F2N2O/c18-14-7-6-13(17(22)15(14)19)16(12-4-2-1-3-5-12)21-10-8-20-9-11-21/h6-7,12,16,20,22H,1-5,8-11H2/t16-/m1/s1. The van der Waals surface area contributed by atoms with Crippen LogP contribution in [0.1, 0.15) is 43.7 Å². The van der Waals surface area contributed by atoms with E-state index < -0.39 is 17.4 Å². The molecular formula is C17H24F2N2O. The molecule has 1 heterocycles. The van der Waals surface area contributed by atoms with Gasteiger partial charge >= 0.3 is 0 Å². The van der Waals surface area contributed by atoms with Gasteiger partial charge in [-0.3, -0.25) is 4.90 Å². The van der Waals surface area contributed by atoms with Gasteiger partial charge in [0.15, 0.2) is 11.6 Å². The molecule has 0 unspecified atom stereocenters. The normalized spacial score (nSPS) is 22.6. The van der Waals surface area contributed by atoms with Crippen molar-refractivity contribution in [1.29, 1.82) is 0 Å². The molecule has 2 fully saturated rings. The number of hydrogen-bond acceptors (Lipinski definition) is 3. The Balaban J connectivity index is 1.94. The second-order valence-corrected chi connectivity index (χ2v) is 6.43. The molecule has 0 aromatic heterocycles. The molecule has 22 heavy (non-hydrogen) atoms. The SMILES string of the molecule is Oc1c([C@@H](C2CCCCC2)N2CCNCC2)ccc(F)c1F. The van der Waals surface area contributed by atoms with E-state index in [1.807, 2.05) is 0 Å². The molecule has 1 saturated heterocycles. The number of nitrogens with zero attached hydrogens (tertiary/aromatic N) is 1. The number of hydrogen-bond donors (Lipinski definition) is 2. The van der Waals surface area contributed by atoms with E-state index in [4.69, 9.17) is 0 Å². The zero-order chi connectivity index (χ0) is 15.5. The van der Waals surface area contributed by atoms with Crippen LogP contribution in [0.25, 0.3) is 0 Å². The van der Waals surface area contributed by atoms with Crippen molar-refractivity contribution >= 4 is 0 Å². The number of phenolic OH excluding ortho intramolecular Hbond substituents is 1. The van der Waals surface area contributed by atoms with Crippen LogP contribution in [0.15, 0.2) is 12.1 Å².